The van der Waals surface area contributed by atoms with Crippen LogP contribution in [0.2, 0.25) is 0 Å². The van der Waals surface area contributed by atoms with Gasteiger partial charge >= 0.3 is 0 Å². The Balaban J connectivity index is 1.32. The number of carbonyl (C=O) groups is 1. The van der Waals surface area contributed by atoms with Crippen molar-refractivity contribution in [3.05, 3.63) is 77.4 Å². The monoisotopic (exact) mass is 469 g/mol. The molecule has 182 valence electrons. The second-order valence-corrected chi connectivity index (χ2v) is 10.2. The molecule has 3 aliphatic heterocycles. The molecule has 35 heavy (non-hydrogen) atoms. The van der Waals surface area contributed by atoms with Crippen LogP contribution >= 0.6 is 0 Å². The van der Waals surface area contributed by atoms with Crippen LogP contribution in [0.1, 0.15) is 66.8 Å². The number of nitrogens with zero attached hydrogens (tertiary/aromatic N) is 4. The quantitative estimate of drug-likeness (QED) is 0.544. The summed E-state index contributed by atoms with van der Waals surface area (Å²) in [5, 5.41) is 0. The highest BCUT2D eigenvalue weighted by molar-refractivity contribution is 5.95. The zero-order valence-corrected chi connectivity index (χ0v) is 20.8. The minimum atomic E-state index is 0.132. The third kappa shape index (κ3) is 3.94. The van der Waals surface area contributed by atoms with Gasteiger partial charge in [0.1, 0.15) is 5.82 Å². The molecule has 2 fully saturated rings. The number of piperidine rings is 1. The molecule has 2 aromatic carbocycles. The number of benzene rings is 2. The molecule has 6 heteroatoms. The lowest BCUT2D eigenvalue weighted by molar-refractivity contribution is 0.0773. The predicted octanol–water partition coefficient (Wildman–Crippen LogP) is 5.13. The lowest BCUT2D eigenvalue weighted by Crippen LogP contribution is -2.49. The van der Waals surface area contributed by atoms with E-state index in [9.17, 15) is 4.79 Å². The third-order valence-electron chi connectivity index (χ3n) is 8.38. The first-order chi connectivity index (χ1) is 17.2. The number of para-hydroxylation sites is 1. The standard InChI is InChI=1S/C29H35N5O/c1-3-32(4-2)29(35)21-9-12-27-22(16-21)15-20-7-5-6-8-26(20)34(27)25-17-23-10-11-24(18-25)33(23)19-28-30-13-14-31-28/h5-9,12-14,16,23-25H,3-4,10-11,15,17-19H2,1-2H3,(H,30,31)/t23-,24+,25?. The second kappa shape index (κ2) is 9.15. The molecule has 2 saturated heterocycles. The molecule has 6 rings (SSSR count). The summed E-state index contributed by atoms with van der Waals surface area (Å²) < 4.78 is 0. The van der Waals surface area contributed by atoms with Gasteiger partial charge in [-0.3, -0.25) is 9.69 Å². The van der Waals surface area contributed by atoms with E-state index in [2.05, 4.69) is 56.2 Å². The zero-order chi connectivity index (χ0) is 23.9. The fourth-order valence-corrected chi connectivity index (χ4v) is 6.68. The first kappa shape index (κ1) is 22.4. The highest BCUT2D eigenvalue weighted by Crippen LogP contribution is 2.46. The maximum Gasteiger partial charge on any atom is 0.253 e. The molecule has 1 aromatic heterocycles. The Morgan fingerprint density at radius 2 is 1.74 bits per heavy atom. The first-order valence-corrected chi connectivity index (χ1v) is 13.2. The molecule has 4 heterocycles. The molecule has 0 saturated carbocycles. The molecule has 3 aliphatic rings. The normalized spacial score (nSPS) is 23.1. The van der Waals surface area contributed by atoms with E-state index in [-0.39, 0.29) is 5.91 Å². The van der Waals surface area contributed by atoms with Crippen LogP contribution in [0, 0.1) is 0 Å². The molecule has 3 atom stereocenters. The van der Waals surface area contributed by atoms with Gasteiger partial charge in [0.2, 0.25) is 0 Å². The van der Waals surface area contributed by atoms with Crippen LogP contribution < -0.4 is 4.90 Å². The van der Waals surface area contributed by atoms with Crippen molar-refractivity contribution in [2.24, 2.45) is 0 Å². The van der Waals surface area contributed by atoms with Crippen LogP contribution in [0.3, 0.4) is 0 Å². The fraction of sp³-hybridized carbons (Fsp3) is 0.448. The van der Waals surface area contributed by atoms with Crippen molar-refractivity contribution < 1.29 is 4.79 Å². The number of carbonyl (C=O) groups excluding carboxylic acids is 1. The SMILES string of the molecule is CCN(CC)C(=O)c1ccc2c(c1)Cc1ccccc1N2C1C[C@H]2CC[C@@H](C1)N2Cc1ncc[nH]1. The molecule has 0 spiro atoms. The van der Waals surface area contributed by atoms with Crippen LogP contribution in [0.4, 0.5) is 11.4 Å². The predicted molar refractivity (Wildman–Crippen MR) is 139 cm³/mol. The molecule has 1 amide bonds. The summed E-state index contributed by atoms with van der Waals surface area (Å²) in [6.07, 6.45) is 9.50. The highest BCUT2D eigenvalue weighted by Gasteiger charge is 2.44. The van der Waals surface area contributed by atoms with Crippen molar-refractivity contribution in [3.8, 4) is 0 Å². The molecule has 0 radical (unpaired) electrons. The Morgan fingerprint density at radius 3 is 2.46 bits per heavy atom. The number of hydrogen-bond donors (Lipinski definition) is 1. The van der Waals surface area contributed by atoms with Crippen molar-refractivity contribution in [2.75, 3.05) is 18.0 Å². The number of aromatic nitrogens is 2. The molecular formula is C29H35N5O. The van der Waals surface area contributed by atoms with Crippen molar-refractivity contribution in [1.82, 2.24) is 19.8 Å². The maximum atomic E-state index is 13.1. The third-order valence-corrected chi connectivity index (χ3v) is 8.38. The van der Waals surface area contributed by atoms with Gasteiger partial charge in [-0.25, -0.2) is 4.98 Å². The van der Waals surface area contributed by atoms with E-state index in [1.54, 1.807) is 0 Å². The van der Waals surface area contributed by atoms with Crippen LogP contribution in [0.5, 0.6) is 0 Å². The number of anilines is 2. The topological polar surface area (TPSA) is 55.5 Å². The van der Waals surface area contributed by atoms with Gasteiger partial charge in [0.15, 0.2) is 0 Å². The molecule has 1 N–H and O–H groups in total. The summed E-state index contributed by atoms with van der Waals surface area (Å²) >= 11 is 0. The zero-order valence-electron chi connectivity index (χ0n) is 20.8. The van der Waals surface area contributed by atoms with Gasteiger partial charge < -0.3 is 14.8 Å². The molecule has 0 aliphatic carbocycles. The molecule has 1 unspecified atom stereocenters. The lowest BCUT2D eigenvalue weighted by Gasteiger charge is -2.46. The summed E-state index contributed by atoms with van der Waals surface area (Å²) in [6, 6.07) is 16.9. The summed E-state index contributed by atoms with van der Waals surface area (Å²) in [5.41, 5.74) is 6.06. The van der Waals surface area contributed by atoms with Crippen LogP contribution in [-0.2, 0) is 13.0 Å². The largest absolute Gasteiger partial charge is 0.348 e. The van der Waals surface area contributed by atoms with Crippen LogP contribution in [0.15, 0.2) is 54.9 Å². The van der Waals surface area contributed by atoms with Gasteiger partial charge in [-0.15, -0.1) is 0 Å². The van der Waals surface area contributed by atoms with Crippen molar-refractivity contribution >= 4 is 17.3 Å². The Labute approximate surface area is 208 Å². The molecular weight excluding hydrogens is 434 g/mol. The average molecular weight is 470 g/mol. The number of H-pyrrole nitrogens is 1. The number of amides is 1. The second-order valence-electron chi connectivity index (χ2n) is 10.2. The van der Waals surface area contributed by atoms with Crippen molar-refractivity contribution in [3.63, 3.8) is 0 Å². The van der Waals surface area contributed by atoms with E-state index >= 15 is 0 Å². The van der Waals surface area contributed by atoms with E-state index in [4.69, 9.17) is 0 Å². The van der Waals surface area contributed by atoms with E-state index in [1.165, 1.54) is 35.3 Å². The van der Waals surface area contributed by atoms with Gasteiger partial charge in [-0.05, 0) is 74.9 Å². The summed E-state index contributed by atoms with van der Waals surface area (Å²) in [4.78, 5) is 28.0. The number of nitrogens with one attached hydrogen (secondary N) is 1. The van der Waals surface area contributed by atoms with Gasteiger partial charge in [0.05, 0.1) is 6.54 Å². The van der Waals surface area contributed by atoms with Crippen LogP contribution in [-0.4, -0.2) is 56.9 Å². The maximum absolute atomic E-state index is 13.1. The van der Waals surface area contributed by atoms with Crippen molar-refractivity contribution in [2.45, 2.75) is 70.6 Å². The Kier molecular flexibility index (Phi) is 5.85. The first-order valence-electron chi connectivity index (χ1n) is 13.2. The van der Waals surface area contributed by atoms with Gasteiger partial charge in [-0.1, -0.05) is 18.2 Å². The molecule has 6 nitrogen and oxygen atoms in total. The van der Waals surface area contributed by atoms with E-state index in [0.29, 0.717) is 18.1 Å². The lowest BCUT2D eigenvalue weighted by atomic mass is 9.88. The van der Waals surface area contributed by atoms with Crippen LogP contribution in [0.25, 0.3) is 0 Å². The van der Waals surface area contributed by atoms with E-state index < -0.39 is 0 Å². The highest BCUT2D eigenvalue weighted by atomic mass is 16.2. The number of imidazole rings is 1. The summed E-state index contributed by atoms with van der Waals surface area (Å²) in [5.74, 6) is 1.20. The van der Waals surface area contributed by atoms with Gasteiger partial charge in [-0.2, -0.15) is 0 Å². The Morgan fingerprint density at radius 1 is 1.00 bits per heavy atom. The fourth-order valence-electron chi connectivity index (χ4n) is 6.68. The van der Waals surface area contributed by atoms with Gasteiger partial charge in [0, 0.05) is 67.0 Å². The number of rotatable bonds is 6. The molecule has 3 aromatic rings. The summed E-state index contributed by atoms with van der Waals surface area (Å²) in [7, 11) is 0. The number of fused-ring (bicyclic) bond motifs is 4. The average Bonchev–Trinajstić information content (AvgIpc) is 3.47. The molecule has 2 bridgehead atoms. The number of hydrogen-bond acceptors (Lipinski definition) is 4. The summed E-state index contributed by atoms with van der Waals surface area (Å²) in [6.45, 7) is 6.48. The van der Waals surface area contributed by atoms with E-state index in [1.807, 2.05) is 37.2 Å². The number of aromatic amines is 1. The van der Waals surface area contributed by atoms with Crippen molar-refractivity contribution in [1.29, 1.82) is 0 Å². The van der Waals surface area contributed by atoms with E-state index in [0.717, 1.165) is 50.3 Å². The minimum Gasteiger partial charge on any atom is -0.348 e. The minimum absolute atomic E-state index is 0.132. The van der Waals surface area contributed by atoms with Gasteiger partial charge in [0.25, 0.3) is 5.91 Å². The smallest absolute Gasteiger partial charge is 0.253 e. The Bertz CT molecular complexity index is 1190. The Hall–Kier alpha value is -3.12.